The highest BCUT2D eigenvalue weighted by Gasteiger charge is 2.39. The molecule has 0 N–H and O–H groups in total. The Labute approximate surface area is 149 Å². The lowest BCUT2D eigenvalue weighted by Crippen LogP contribution is -2.50. The average Bonchev–Trinajstić information content (AvgIpc) is 2.58. The van der Waals surface area contributed by atoms with Gasteiger partial charge in [-0.3, -0.25) is 19.4 Å². The molecule has 0 saturated carbocycles. The van der Waals surface area contributed by atoms with Crippen molar-refractivity contribution in [2.45, 2.75) is 39.7 Å². The normalized spacial score (nSPS) is 17.1. The van der Waals surface area contributed by atoms with Gasteiger partial charge < -0.3 is 9.47 Å². The quantitative estimate of drug-likeness (QED) is 0.709. The van der Waals surface area contributed by atoms with Crippen LogP contribution in [-0.4, -0.2) is 49.6 Å². The molecule has 1 aromatic carbocycles. The van der Waals surface area contributed by atoms with Gasteiger partial charge in [-0.1, -0.05) is 19.9 Å². The summed E-state index contributed by atoms with van der Waals surface area (Å²) in [7, 11) is 5.11. The third kappa shape index (κ3) is 4.51. The average molecular weight is 348 g/mol. The largest absolute Gasteiger partial charge is 0.497 e. The van der Waals surface area contributed by atoms with Crippen molar-refractivity contribution in [3.05, 3.63) is 23.8 Å². The third-order valence-electron chi connectivity index (χ3n) is 4.93. The van der Waals surface area contributed by atoms with E-state index in [9.17, 15) is 9.59 Å². The van der Waals surface area contributed by atoms with Gasteiger partial charge in [0.15, 0.2) is 0 Å². The van der Waals surface area contributed by atoms with Gasteiger partial charge in [-0.15, -0.1) is 0 Å². The maximum absolute atomic E-state index is 12.4. The molecule has 2 rings (SSSR count). The topological polar surface area (TPSA) is 59.1 Å². The van der Waals surface area contributed by atoms with E-state index in [0.29, 0.717) is 19.4 Å². The van der Waals surface area contributed by atoms with Gasteiger partial charge in [-0.05, 0) is 24.9 Å². The molecular weight excluding hydrogens is 320 g/mol. The molecule has 0 unspecified atom stereocenters. The summed E-state index contributed by atoms with van der Waals surface area (Å²) in [5, 5.41) is 0. The molecule has 1 aromatic rings. The first kappa shape index (κ1) is 19.2. The lowest BCUT2D eigenvalue weighted by Gasteiger charge is -2.38. The van der Waals surface area contributed by atoms with E-state index in [-0.39, 0.29) is 23.9 Å². The maximum atomic E-state index is 12.4. The van der Waals surface area contributed by atoms with Crippen LogP contribution in [0.2, 0.25) is 0 Å². The minimum atomic E-state index is -0.206. The number of methoxy groups -OCH3 is 2. The van der Waals surface area contributed by atoms with Crippen LogP contribution in [0, 0.1) is 5.41 Å². The zero-order valence-electron chi connectivity index (χ0n) is 15.8. The van der Waals surface area contributed by atoms with Crippen molar-refractivity contribution in [2.75, 3.05) is 27.9 Å². The van der Waals surface area contributed by atoms with Crippen LogP contribution >= 0.6 is 0 Å². The Morgan fingerprint density at radius 1 is 1.16 bits per heavy atom. The number of hydrogen-bond acceptors (Lipinski definition) is 5. The first-order chi connectivity index (χ1) is 11.8. The lowest BCUT2D eigenvalue weighted by molar-refractivity contribution is -0.155. The molecule has 25 heavy (non-hydrogen) atoms. The van der Waals surface area contributed by atoms with Gasteiger partial charge in [0.2, 0.25) is 11.8 Å². The number of piperidine rings is 1. The number of rotatable bonds is 7. The summed E-state index contributed by atoms with van der Waals surface area (Å²) in [5.74, 6) is 1.27. The van der Waals surface area contributed by atoms with Crippen molar-refractivity contribution in [2.24, 2.45) is 5.41 Å². The highest BCUT2D eigenvalue weighted by atomic mass is 16.5. The molecule has 0 atom stereocenters. The van der Waals surface area contributed by atoms with Crippen molar-refractivity contribution in [1.29, 1.82) is 0 Å². The van der Waals surface area contributed by atoms with Crippen LogP contribution in [0.3, 0.4) is 0 Å². The Kier molecular flexibility index (Phi) is 6.06. The maximum Gasteiger partial charge on any atom is 0.230 e. The first-order valence-corrected chi connectivity index (χ1v) is 8.54. The Morgan fingerprint density at radius 3 is 2.32 bits per heavy atom. The second-order valence-electron chi connectivity index (χ2n) is 7.07. The summed E-state index contributed by atoms with van der Waals surface area (Å²) < 4.78 is 10.6. The van der Waals surface area contributed by atoms with Crippen molar-refractivity contribution < 1.29 is 19.1 Å². The fraction of sp³-hybridized carbons (Fsp3) is 0.579. The number of carbonyl (C=O) groups is 2. The van der Waals surface area contributed by atoms with Gasteiger partial charge in [-0.25, -0.2) is 0 Å². The van der Waals surface area contributed by atoms with Gasteiger partial charge in [0.25, 0.3) is 0 Å². The molecule has 2 amide bonds. The summed E-state index contributed by atoms with van der Waals surface area (Å²) in [4.78, 5) is 28.1. The van der Waals surface area contributed by atoms with E-state index in [0.717, 1.165) is 23.5 Å². The fourth-order valence-electron chi connectivity index (χ4n) is 3.10. The number of ether oxygens (including phenoxy) is 2. The summed E-state index contributed by atoms with van der Waals surface area (Å²) in [6.45, 7) is 4.88. The Balaban J connectivity index is 2.04. The van der Waals surface area contributed by atoms with Crippen molar-refractivity contribution in [3.63, 3.8) is 0 Å². The van der Waals surface area contributed by atoms with Gasteiger partial charge in [0.05, 0.1) is 20.9 Å². The van der Waals surface area contributed by atoms with Crippen molar-refractivity contribution >= 4 is 11.8 Å². The SMILES string of the molecule is CCC1(C)CC(=O)N(CN(C)Cc2ccc(OC)cc2OC)C(=O)C1. The molecule has 0 aromatic heterocycles. The Bertz CT molecular complexity index is 626. The highest BCUT2D eigenvalue weighted by molar-refractivity contribution is 5.98. The summed E-state index contributed by atoms with van der Waals surface area (Å²) in [5.41, 5.74) is 0.767. The number of hydrogen-bond donors (Lipinski definition) is 0. The van der Waals surface area contributed by atoms with E-state index in [4.69, 9.17) is 9.47 Å². The van der Waals surface area contributed by atoms with Crippen LogP contribution in [0.15, 0.2) is 18.2 Å². The number of benzene rings is 1. The predicted octanol–water partition coefficient (Wildman–Crippen LogP) is 2.66. The summed E-state index contributed by atoms with van der Waals surface area (Å²) >= 11 is 0. The number of likely N-dealkylation sites (tertiary alicyclic amines) is 1. The van der Waals surface area contributed by atoms with E-state index in [1.165, 1.54) is 4.90 Å². The molecule has 138 valence electrons. The van der Waals surface area contributed by atoms with Gasteiger partial charge in [-0.2, -0.15) is 0 Å². The number of amides is 2. The van der Waals surface area contributed by atoms with Crippen LogP contribution in [0.25, 0.3) is 0 Å². The van der Waals surface area contributed by atoms with Gasteiger partial charge >= 0.3 is 0 Å². The van der Waals surface area contributed by atoms with E-state index in [2.05, 4.69) is 0 Å². The minimum absolute atomic E-state index is 0.0888. The number of carbonyl (C=O) groups excluding carboxylic acids is 2. The second kappa shape index (κ2) is 7.87. The first-order valence-electron chi connectivity index (χ1n) is 8.54. The smallest absolute Gasteiger partial charge is 0.230 e. The molecule has 1 heterocycles. The lowest BCUT2D eigenvalue weighted by atomic mass is 9.77. The molecule has 0 bridgehead atoms. The highest BCUT2D eigenvalue weighted by Crippen LogP contribution is 2.35. The Hall–Kier alpha value is -2.08. The Morgan fingerprint density at radius 2 is 1.80 bits per heavy atom. The van der Waals surface area contributed by atoms with Crippen LogP contribution < -0.4 is 9.47 Å². The molecule has 6 nitrogen and oxygen atoms in total. The minimum Gasteiger partial charge on any atom is -0.497 e. The number of nitrogens with zero attached hydrogens (tertiary/aromatic N) is 2. The molecule has 1 saturated heterocycles. The van der Waals surface area contributed by atoms with Crippen LogP contribution in [0.4, 0.5) is 0 Å². The second-order valence-corrected chi connectivity index (χ2v) is 7.07. The summed E-state index contributed by atoms with van der Waals surface area (Å²) in [6, 6.07) is 5.63. The third-order valence-corrected chi connectivity index (χ3v) is 4.93. The van der Waals surface area contributed by atoms with E-state index < -0.39 is 0 Å². The van der Waals surface area contributed by atoms with E-state index in [1.807, 2.05) is 44.0 Å². The van der Waals surface area contributed by atoms with E-state index in [1.54, 1.807) is 14.2 Å². The number of imide groups is 1. The zero-order chi connectivity index (χ0) is 18.6. The van der Waals surface area contributed by atoms with Crippen LogP contribution in [0.5, 0.6) is 11.5 Å². The fourth-order valence-corrected chi connectivity index (χ4v) is 3.10. The monoisotopic (exact) mass is 348 g/mol. The molecule has 1 aliphatic rings. The van der Waals surface area contributed by atoms with E-state index >= 15 is 0 Å². The van der Waals surface area contributed by atoms with Crippen LogP contribution in [0.1, 0.15) is 38.7 Å². The predicted molar refractivity (Wildman–Crippen MR) is 95.4 cm³/mol. The molecule has 0 aliphatic carbocycles. The van der Waals surface area contributed by atoms with Crippen LogP contribution in [-0.2, 0) is 16.1 Å². The molecule has 6 heteroatoms. The molecular formula is C19H28N2O4. The van der Waals surface area contributed by atoms with Gasteiger partial charge in [0, 0.05) is 31.0 Å². The standard InChI is InChI=1S/C19H28N2O4/c1-6-19(2)10-17(22)21(18(23)11-19)13-20(3)12-14-7-8-15(24-4)9-16(14)25-5/h7-9H,6,10-13H2,1-5H3. The van der Waals surface area contributed by atoms with Gasteiger partial charge in [0.1, 0.15) is 11.5 Å². The molecule has 0 spiro atoms. The summed E-state index contributed by atoms with van der Waals surface area (Å²) in [6.07, 6.45) is 1.68. The van der Waals surface area contributed by atoms with Crippen molar-refractivity contribution in [3.8, 4) is 11.5 Å². The van der Waals surface area contributed by atoms with Crippen molar-refractivity contribution in [1.82, 2.24) is 9.80 Å². The molecule has 0 radical (unpaired) electrons. The molecule has 1 fully saturated rings. The molecule has 1 aliphatic heterocycles. The zero-order valence-corrected chi connectivity index (χ0v) is 15.8.